The third-order valence-corrected chi connectivity index (χ3v) is 3.97. The molecule has 3 rings (SSSR count). The number of benzene rings is 1. The Balaban J connectivity index is 1.63. The van der Waals surface area contributed by atoms with E-state index in [1.807, 2.05) is 30.3 Å². The number of pyridine rings is 1. The monoisotopic (exact) mass is 341 g/mol. The van der Waals surface area contributed by atoms with Gasteiger partial charge in [0.1, 0.15) is 6.61 Å². The van der Waals surface area contributed by atoms with Gasteiger partial charge in [-0.2, -0.15) is 0 Å². The summed E-state index contributed by atoms with van der Waals surface area (Å²) < 4.78 is 10.3. The number of ether oxygens (including phenoxy) is 2. The number of alkyl carbamates (subject to hydrolysis) is 1. The molecule has 1 aliphatic heterocycles. The van der Waals surface area contributed by atoms with E-state index in [-0.39, 0.29) is 25.0 Å². The zero-order valence-electron chi connectivity index (χ0n) is 13.8. The highest BCUT2D eigenvalue weighted by Gasteiger charge is 2.35. The molecule has 25 heavy (non-hydrogen) atoms. The van der Waals surface area contributed by atoms with Crippen LogP contribution in [0, 0.1) is 0 Å². The van der Waals surface area contributed by atoms with Crippen LogP contribution in [-0.4, -0.2) is 30.1 Å². The molecular weight excluding hydrogens is 322 g/mol. The lowest BCUT2D eigenvalue weighted by atomic mass is 10.0. The Bertz CT molecular complexity index is 751. The number of carbonyl (C=O) groups excluding carboxylic acids is 2. The van der Waals surface area contributed by atoms with E-state index in [0.29, 0.717) is 5.88 Å². The summed E-state index contributed by atoms with van der Waals surface area (Å²) in [4.78, 5) is 27.9. The summed E-state index contributed by atoms with van der Waals surface area (Å²) in [6.07, 6.45) is 1.23. The third-order valence-electron chi connectivity index (χ3n) is 3.97. The summed E-state index contributed by atoms with van der Waals surface area (Å²) in [5.41, 5.74) is 1.71. The average Bonchev–Trinajstić information content (AvgIpc) is 3.01. The lowest BCUT2D eigenvalue weighted by Crippen LogP contribution is -2.38. The van der Waals surface area contributed by atoms with Gasteiger partial charge in [-0.15, -0.1) is 0 Å². The number of rotatable bonds is 5. The first-order valence-corrected chi connectivity index (χ1v) is 7.92. The molecule has 1 unspecified atom stereocenters. The van der Waals surface area contributed by atoms with Crippen molar-refractivity contribution in [2.45, 2.75) is 25.1 Å². The maximum atomic E-state index is 12.1. The molecule has 2 aromatic rings. The Morgan fingerprint density at radius 1 is 1.32 bits per heavy atom. The van der Waals surface area contributed by atoms with Gasteiger partial charge in [-0.25, -0.2) is 9.78 Å². The Labute approximate surface area is 145 Å². The first-order chi connectivity index (χ1) is 12.2. The van der Waals surface area contributed by atoms with E-state index in [0.717, 1.165) is 11.1 Å². The summed E-state index contributed by atoms with van der Waals surface area (Å²) in [7, 11) is 1.52. The van der Waals surface area contributed by atoms with Crippen LogP contribution in [-0.2, 0) is 16.1 Å². The van der Waals surface area contributed by atoms with E-state index >= 15 is 0 Å². The number of carbonyl (C=O) groups is 2. The van der Waals surface area contributed by atoms with Crippen LogP contribution >= 0.6 is 0 Å². The molecule has 7 heteroatoms. The normalized spacial score (nSPS) is 19.2. The number of hydrogen-bond donors (Lipinski definition) is 2. The molecule has 1 fully saturated rings. The van der Waals surface area contributed by atoms with Crippen molar-refractivity contribution in [3.05, 3.63) is 59.8 Å². The van der Waals surface area contributed by atoms with Crippen molar-refractivity contribution < 1.29 is 19.1 Å². The second-order valence-corrected chi connectivity index (χ2v) is 5.69. The van der Waals surface area contributed by atoms with Crippen LogP contribution < -0.4 is 15.4 Å². The summed E-state index contributed by atoms with van der Waals surface area (Å²) >= 11 is 0. The highest BCUT2D eigenvalue weighted by molar-refractivity contribution is 5.81. The van der Waals surface area contributed by atoms with Crippen LogP contribution in [0.2, 0.25) is 0 Å². The van der Waals surface area contributed by atoms with Crippen molar-refractivity contribution in [2.24, 2.45) is 0 Å². The Morgan fingerprint density at radius 2 is 2.12 bits per heavy atom. The van der Waals surface area contributed by atoms with E-state index in [1.54, 1.807) is 18.3 Å². The lowest BCUT2D eigenvalue weighted by molar-refractivity contribution is -0.119. The number of nitrogens with zero attached hydrogens (tertiary/aromatic N) is 1. The molecule has 0 bridgehead atoms. The number of aromatic nitrogens is 1. The zero-order valence-corrected chi connectivity index (χ0v) is 13.8. The average molecular weight is 341 g/mol. The Kier molecular flexibility index (Phi) is 5.13. The third kappa shape index (κ3) is 4.26. The molecule has 2 N–H and O–H groups in total. The number of amides is 2. The fourth-order valence-electron chi connectivity index (χ4n) is 2.75. The van der Waals surface area contributed by atoms with Gasteiger partial charge in [0.05, 0.1) is 19.2 Å². The van der Waals surface area contributed by atoms with Crippen molar-refractivity contribution in [2.75, 3.05) is 7.11 Å². The van der Waals surface area contributed by atoms with Crippen LogP contribution in [0.25, 0.3) is 0 Å². The van der Waals surface area contributed by atoms with Gasteiger partial charge in [-0.05, 0) is 17.2 Å². The molecule has 7 nitrogen and oxygen atoms in total. The van der Waals surface area contributed by atoms with Gasteiger partial charge in [0.25, 0.3) is 0 Å². The summed E-state index contributed by atoms with van der Waals surface area (Å²) in [6, 6.07) is 12.2. The van der Waals surface area contributed by atoms with Crippen LogP contribution in [0.4, 0.5) is 4.79 Å². The molecule has 0 aliphatic carbocycles. The Hall–Kier alpha value is -3.09. The topological polar surface area (TPSA) is 89.6 Å². The predicted octanol–water partition coefficient (Wildman–Crippen LogP) is 1.95. The van der Waals surface area contributed by atoms with Gasteiger partial charge in [-0.3, -0.25) is 4.79 Å². The molecule has 1 aliphatic rings. The van der Waals surface area contributed by atoms with Crippen LogP contribution in [0.1, 0.15) is 23.6 Å². The summed E-state index contributed by atoms with van der Waals surface area (Å²) in [6.45, 7) is 0.175. The van der Waals surface area contributed by atoms with E-state index in [9.17, 15) is 9.59 Å². The van der Waals surface area contributed by atoms with Gasteiger partial charge in [0.2, 0.25) is 11.8 Å². The van der Waals surface area contributed by atoms with Gasteiger partial charge < -0.3 is 20.1 Å². The zero-order chi connectivity index (χ0) is 17.6. The molecule has 1 aromatic heterocycles. The summed E-state index contributed by atoms with van der Waals surface area (Å²) in [5, 5.41) is 5.62. The molecule has 0 saturated carbocycles. The molecule has 2 heterocycles. The van der Waals surface area contributed by atoms with E-state index in [4.69, 9.17) is 9.47 Å². The highest BCUT2D eigenvalue weighted by atomic mass is 16.5. The van der Waals surface area contributed by atoms with Gasteiger partial charge in [-0.1, -0.05) is 30.3 Å². The standard InChI is InChI=1S/C18H19N3O4/c1-24-16-9-13(7-8-19-16)17-14(10-15(22)21-17)20-18(23)25-11-12-5-3-2-4-6-12/h2-9,14,17H,10-11H2,1H3,(H,20,23)(H,21,22)/t14-,17?/m0/s1. The molecule has 1 saturated heterocycles. The van der Waals surface area contributed by atoms with Crippen molar-refractivity contribution in [1.82, 2.24) is 15.6 Å². The van der Waals surface area contributed by atoms with Crippen molar-refractivity contribution in [3.63, 3.8) is 0 Å². The fraction of sp³-hybridized carbons (Fsp3) is 0.278. The van der Waals surface area contributed by atoms with Crippen LogP contribution in [0.3, 0.4) is 0 Å². The molecule has 130 valence electrons. The second kappa shape index (κ2) is 7.65. The first-order valence-electron chi connectivity index (χ1n) is 7.92. The largest absolute Gasteiger partial charge is 0.481 e. The van der Waals surface area contributed by atoms with Gasteiger partial charge >= 0.3 is 6.09 Å². The number of methoxy groups -OCH3 is 1. The number of hydrogen-bond acceptors (Lipinski definition) is 5. The maximum absolute atomic E-state index is 12.1. The van der Waals surface area contributed by atoms with E-state index < -0.39 is 12.1 Å². The predicted molar refractivity (Wildman–Crippen MR) is 89.8 cm³/mol. The van der Waals surface area contributed by atoms with Crippen LogP contribution in [0.15, 0.2) is 48.7 Å². The van der Waals surface area contributed by atoms with Gasteiger partial charge in [0.15, 0.2) is 0 Å². The highest BCUT2D eigenvalue weighted by Crippen LogP contribution is 2.26. The first kappa shape index (κ1) is 16.8. The fourth-order valence-corrected chi connectivity index (χ4v) is 2.75. The van der Waals surface area contributed by atoms with Crippen molar-refractivity contribution >= 4 is 12.0 Å². The SMILES string of the molecule is COc1cc(C2NC(=O)C[C@@H]2NC(=O)OCc2ccccc2)ccn1. The second-order valence-electron chi connectivity index (χ2n) is 5.69. The van der Waals surface area contributed by atoms with Gasteiger partial charge in [0, 0.05) is 18.7 Å². The van der Waals surface area contributed by atoms with Crippen molar-refractivity contribution in [3.8, 4) is 5.88 Å². The van der Waals surface area contributed by atoms with Crippen LogP contribution in [0.5, 0.6) is 5.88 Å². The summed E-state index contributed by atoms with van der Waals surface area (Å²) in [5.74, 6) is 0.318. The number of nitrogens with one attached hydrogen (secondary N) is 2. The van der Waals surface area contributed by atoms with Crippen molar-refractivity contribution in [1.29, 1.82) is 0 Å². The molecule has 0 spiro atoms. The molecule has 0 radical (unpaired) electrons. The molecular formula is C18H19N3O4. The van der Waals surface area contributed by atoms with E-state index in [1.165, 1.54) is 7.11 Å². The minimum atomic E-state index is -0.559. The maximum Gasteiger partial charge on any atom is 0.407 e. The smallest absolute Gasteiger partial charge is 0.407 e. The minimum absolute atomic E-state index is 0.130. The molecule has 2 amide bonds. The van der Waals surface area contributed by atoms with E-state index in [2.05, 4.69) is 15.6 Å². The quantitative estimate of drug-likeness (QED) is 0.867. The minimum Gasteiger partial charge on any atom is -0.481 e. The Morgan fingerprint density at radius 3 is 2.88 bits per heavy atom. The lowest BCUT2D eigenvalue weighted by Gasteiger charge is -2.20. The molecule has 2 atom stereocenters. The molecule has 1 aromatic carbocycles.